The van der Waals surface area contributed by atoms with Crippen LogP contribution in [-0.2, 0) is 0 Å². The molecule has 2 aromatic rings. The number of unbranched alkanes of at least 4 members (excludes halogenated alkanes) is 10. The molecule has 1 unspecified atom stereocenters. The Labute approximate surface area is 205 Å². The minimum Gasteiger partial charge on any atom is -0.488 e. The summed E-state index contributed by atoms with van der Waals surface area (Å²) in [6.07, 6.45) is 16.8. The summed E-state index contributed by atoms with van der Waals surface area (Å²) in [5, 5.41) is 12.4. The zero-order chi connectivity index (χ0) is 24.6. The molecule has 0 saturated carbocycles. The molecule has 2 N–H and O–H groups in total. The second kappa shape index (κ2) is 16.1. The zero-order valence-electron chi connectivity index (χ0n) is 21.1. The van der Waals surface area contributed by atoms with Crippen molar-refractivity contribution in [3.63, 3.8) is 0 Å². The summed E-state index contributed by atoms with van der Waals surface area (Å²) in [6.45, 7) is 4.42. The average molecular weight is 470 g/mol. The number of nitrogens with two attached hydrogens (primary N) is 1. The molecule has 0 bridgehead atoms. The van der Waals surface area contributed by atoms with E-state index in [2.05, 4.69) is 13.8 Å². The predicted octanol–water partition coefficient (Wildman–Crippen LogP) is 8.47. The molecule has 0 spiro atoms. The summed E-state index contributed by atoms with van der Waals surface area (Å²) in [4.78, 5) is 10.5. The third-order valence-electron chi connectivity index (χ3n) is 6.34. The van der Waals surface area contributed by atoms with E-state index >= 15 is 0 Å². The topological polar surface area (TPSA) is 81.6 Å². The minimum absolute atomic E-state index is 0.0414. The number of rotatable bonds is 18. The first-order valence-electron chi connectivity index (χ1n) is 13.1. The van der Waals surface area contributed by atoms with Crippen LogP contribution in [0.1, 0.15) is 97.3 Å². The summed E-state index contributed by atoms with van der Waals surface area (Å²) in [5.74, 6) is 7.09. The lowest BCUT2D eigenvalue weighted by Gasteiger charge is -2.25. The quantitative estimate of drug-likeness (QED) is 0.102. The first-order valence-corrected chi connectivity index (χ1v) is 13.1. The predicted molar refractivity (Wildman–Crippen MR) is 142 cm³/mol. The Hall–Kier alpha value is -2.60. The minimum atomic E-state index is -0.414. The van der Waals surface area contributed by atoms with Crippen molar-refractivity contribution in [3.05, 3.63) is 58.6 Å². The van der Waals surface area contributed by atoms with Gasteiger partial charge in [0.05, 0.1) is 22.4 Å². The molecule has 0 aromatic heterocycles. The van der Waals surface area contributed by atoms with E-state index in [-0.39, 0.29) is 11.8 Å². The van der Waals surface area contributed by atoms with E-state index in [0.29, 0.717) is 5.69 Å². The number of hydrogen-bond acceptors (Lipinski definition) is 5. The average Bonchev–Trinajstić information content (AvgIpc) is 2.86. The Balaban J connectivity index is 1.78. The number of benzene rings is 2. The van der Waals surface area contributed by atoms with E-state index in [1.54, 1.807) is 12.1 Å². The SMILES string of the molecule is CCCCCCCCCCCCCC(CC)Oc1ccccc1N(N)c1ccc([N+](=O)[O-])cc1. The summed E-state index contributed by atoms with van der Waals surface area (Å²) in [7, 11) is 0. The van der Waals surface area contributed by atoms with E-state index in [0.717, 1.165) is 24.3 Å². The van der Waals surface area contributed by atoms with Crippen molar-refractivity contribution in [3.8, 4) is 5.75 Å². The number of para-hydroxylation sites is 2. The number of nitrogens with zero attached hydrogens (tertiary/aromatic N) is 2. The molecule has 0 fully saturated rings. The lowest BCUT2D eigenvalue weighted by molar-refractivity contribution is -0.384. The van der Waals surface area contributed by atoms with Gasteiger partial charge in [-0.1, -0.05) is 90.2 Å². The van der Waals surface area contributed by atoms with Crippen LogP contribution in [0.25, 0.3) is 0 Å². The zero-order valence-corrected chi connectivity index (χ0v) is 21.1. The van der Waals surface area contributed by atoms with Crippen LogP contribution in [0, 0.1) is 10.1 Å². The molecule has 0 saturated heterocycles. The van der Waals surface area contributed by atoms with Crippen molar-refractivity contribution in [1.82, 2.24) is 0 Å². The normalized spacial score (nSPS) is 11.9. The second-order valence-corrected chi connectivity index (χ2v) is 9.08. The Kier molecular flexibility index (Phi) is 13.1. The fourth-order valence-electron chi connectivity index (χ4n) is 4.19. The summed E-state index contributed by atoms with van der Waals surface area (Å²) in [5.41, 5.74) is 1.45. The number of nitro benzene ring substituents is 1. The highest BCUT2D eigenvalue weighted by Gasteiger charge is 2.16. The summed E-state index contributed by atoms with van der Waals surface area (Å²) >= 11 is 0. The van der Waals surface area contributed by atoms with Crippen molar-refractivity contribution in [1.29, 1.82) is 0 Å². The van der Waals surface area contributed by atoms with Crippen molar-refractivity contribution >= 4 is 17.1 Å². The lowest BCUT2D eigenvalue weighted by Crippen LogP contribution is -2.26. The number of nitro groups is 1. The standard InChI is InChI=1S/C28H43N3O3/c1-3-5-6-7-8-9-10-11-12-13-14-17-26(4-2)34-28-19-16-15-18-27(28)30(29)24-20-22-25(23-21-24)31(32)33/h15-16,18-23,26H,3-14,17,29H2,1-2H3. The van der Waals surface area contributed by atoms with Gasteiger partial charge in [-0.05, 0) is 43.5 Å². The third-order valence-corrected chi connectivity index (χ3v) is 6.34. The first-order chi connectivity index (χ1) is 16.6. The van der Waals surface area contributed by atoms with Crippen LogP contribution < -0.4 is 15.6 Å². The molecule has 6 nitrogen and oxygen atoms in total. The van der Waals surface area contributed by atoms with Gasteiger partial charge in [0.15, 0.2) is 0 Å². The fourth-order valence-corrected chi connectivity index (χ4v) is 4.19. The van der Waals surface area contributed by atoms with Gasteiger partial charge < -0.3 is 4.74 Å². The molecule has 34 heavy (non-hydrogen) atoms. The summed E-state index contributed by atoms with van der Waals surface area (Å²) in [6, 6.07) is 13.9. The van der Waals surface area contributed by atoms with Gasteiger partial charge in [-0.15, -0.1) is 0 Å². The van der Waals surface area contributed by atoms with Crippen LogP contribution in [-0.4, -0.2) is 11.0 Å². The molecular weight excluding hydrogens is 426 g/mol. The highest BCUT2D eigenvalue weighted by Crippen LogP contribution is 2.33. The van der Waals surface area contributed by atoms with Crippen molar-refractivity contribution < 1.29 is 9.66 Å². The Bertz CT molecular complexity index is 826. The maximum Gasteiger partial charge on any atom is 0.269 e. The number of anilines is 2. The molecule has 0 aliphatic carbocycles. The van der Waals surface area contributed by atoms with E-state index in [1.807, 2.05) is 24.3 Å². The van der Waals surface area contributed by atoms with Crippen LogP contribution in [0.5, 0.6) is 5.75 Å². The summed E-state index contributed by atoms with van der Waals surface area (Å²) < 4.78 is 6.36. The maximum atomic E-state index is 10.9. The highest BCUT2D eigenvalue weighted by atomic mass is 16.6. The maximum absolute atomic E-state index is 10.9. The molecule has 2 rings (SSSR count). The monoisotopic (exact) mass is 469 g/mol. The highest BCUT2D eigenvalue weighted by molar-refractivity contribution is 5.68. The van der Waals surface area contributed by atoms with Crippen LogP contribution in [0.3, 0.4) is 0 Å². The van der Waals surface area contributed by atoms with Crippen molar-refractivity contribution in [2.24, 2.45) is 5.84 Å². The third kappa shape index (κ3) is 9.72. The molecule has 2 aromatic carbocycles. The van der Waals surface area contributed by atoms with Crippen LogP contribution in [0.4, 0.5) is 17.1 Å². The van der Waals surface area contributed by atoms with Gasteiger partial charge in [-0.25, -0.2) is 5.84 Å². The molecular formula is C28H43N3O3. The molecule has 0 aliphatic rings. The van der Waals surface area contributed by atoms with Gasteiger partial charge in [0.2, 0.25) is 0 Å². The van der Waals surface area contributed by atoms with Gasteiger partial charge in [0.25, 0.3) is 5.69 Å². The second-order valence-electron chi connectivity index (χ2n) is 9.08. The molecule has 0 radical (unpaired) electrons. The van der Waals surface area contributed by atoms with E-state index in [4.69, 9.17) is 10.6 Å². The first kappa shape index (κ1) is 27.6. The van der Waals surface area contributed by atoms with Crippen LogP contribution in [0.15, 0.2) is 48.5 Å². The molecule has 1 atom stereocenters. The van der Waals surface area contributed by atoms with Gasteiger partial charge >= 0.3 is 0 Å². The van der Waals surface area contributed by atoms with Crippen molar-refractivity contribution in [2.45, 2.75) is 103 Å². The van der Waals surface area contributed by atoms with E-state index in [1.165, 1.54) is 87.8 Å². The molecule has 6 heteroatoms. The van der Waals surface area contributed by atoms with Crippen LogP contribution in [0.2, 0.25) is 0 Å². The Morgan fingerprint density at radius 3 is 1.97 bits per heavy atom. The van der Waals surface area contributed by atoms with Gasteiger partial charge in [0.1, 0.15) is 5.75 Å². The largest absolute Gasteiger partial charge is 0.488 e. The van der Waals surface area contributed by atoms with E-state index in [9.17, 15) is 10.1 Å². The lowest BCUT2D eigenvalue weighted by atomic mass is 10.0. The van der Waals surface area contributed by atoms with Gasteiger partial charge in [-0.2, -0.15) is 0 Å². The molecule has 0 amide bonds. The fraction of sp³-hybridized carbons (Fsp3) is 0.571. The molecule has 0 heterocycles. The number of hydrogen-bond donors (Lipinski definition) is 1. The van der Waals surface area contributed by atoms with Crippen LogP contribution >= 0.6 is 0 Å². The number of ether oxygens (including phenoxy) is 1. The smallest absolute Gasteiger partial charge is 0.269 e. The van der Waals surface area contributed by atoms with Crippen molar-refractivity contribution in [2.75, 3.05) is 5.01 Å². The van der Waals surface area contributed by atoms with Gasteiger partial charge in [-0.3, -0.25) is 15.1 Å². The number of non-ortho nitro benzene ring substituents is 1. The number of hydrazine groups is 1. The molecule has 0 aliphatic heterocycles. The van der Waals surface area contributed by atoms with E-state index < -0.39 is 4.92 Å². The van der Waals surface area contributed by atoms with Gasteiger partial charge in [0, 0.05) is 12.1 Å². The molecule has 188 valence electrons. The Morgan fingerprint density at radius 2 is 1.41 bits per heavy atom. The Morgan fingerprint density at radius 1 is 0.853 bits per heavy atom.